The zero-order valence-electron chi connectivity index (χ0n) is 13.9. The van der Waals surface area contributed by atoms with Gasteiger partial charge in [0.15, 0.2) is 11.5 Å². The van der Waals surface area contributed by atoms with Crippen LogP contribution in [0.2, 0.25) is 0 Å². The summed E-state index contributed by atoms with van der Waals surface area (Å²) in [6, 6.07) is 9.79. The van der Waals surface area contributed by atoms with Crippen LogP contribution in [0.1, 0.15) is 24.1 Å². The van der Waals surface area contributed by atoms with E-state index in [9.17, 15) is 18.0 Å². The maximum absolute atomic E-state index is 12.7. The normalized spacial score (nSPS) is 14.0. The Morgan fingerprint density at radius 2 is 1.92 bits per heavy atom. The van der Waals surface area contributed by atoms with E-state index < -0.39 is 11.7 Å². The van der Waals surface area contributed by atoms with E-state index in [2.05, 4.69) is 10.6 Å². The van der Waals surface area contributed by atoms with Crippen LogP contribution >= 0.6 is 0 Å². The SMILES string of the molecule is C[C@H](NC(=O)CNc1cccc(C(F)(F)F)c1)c1ccc2c(c1)OCO2. The lowest BCUT2D eigenvalue weighted by Gasteiger charge is -2.16. The van der Waals surface area contributed by atoms with Crippen molar-refractivity contribution in [3.05, 3.63) is 53.6 Å². The molecule has 1 heterocycles. The molecular weight excluding hydrogens is 349 g/mol. The number of hydrogen-bond donors (Lipinski definition) is 2. The summed E-state index contributed by atoms with van der Waals surface area (Å²) in [5.74, 6) is 0.928. The maximum atomic E-state index is 12.7. The summed E-state index contributed by atoms with van der Waals surface area (Å²) in [6.07, 6.45) is -4.42. The minimum absolute atomic E-state index is 0.143. The number of amides is 1. The van der Waals surface area contributed by atoms with Crippen LogP contribution in [0.3, 0.4) is 0 Å². The number of rotatable bonds is 5. The number of alkyl halides is 3. The summed E-state index contributed by atoms with van der Waals surface area (Å²) in [6.45, 7) is 1.83. The molecule has 0 radical (unpaired) electrons. The van der Waals surface area contributed by atoms with E-state index in [4.69, 9.17) is 9.47 Å². The molecule has 3 rings (SSSR count). The van der Waals surface area contributed by atoms with Gasteiger partial charge in [0.2, 0.25) is 12.7 Å². The monoisotopic (exact) mass is 366 g/mol. The van der Waals surface area contributed by atoms with E-state index in [0.717, 1.165) is 17.7 Å². The molecule has 5 nitrogen and oxygen atoms in total. The third kappa shape index (κ3) is 4.19. The average Bonchev–Trinajstić information content (AvgIpc) is 3.07. The fourth-order valence-corrected chi connectivity index (χ4v) is 2.55. The van der Waals surface area contributed by atoms with Crippen LogP contribution in [-0.4, -0.2) is 19.2 Å². The molecule has 138 valence electrons. The van der Waals surface area contributed by atoms with E-state index in [1.54, 1.807) is 19.1 Å². The third-order valence-electron chi connectivity index (χ3n) is 3.92. The summed E-state index contributed by atoms with van der Waals surface area (Å²) in [7, 11) is 0. The van der Waals surface area contributed by atoms with Crippen LogP contribution < -0.4 is 20.1 Å². The van der Waals surface area contributed by atoms with Gasteiger partial charge in [0, 0.05) is 5.69 Å². The van der Waals surface area contributed by atoms with E-state index in [1.165, 1.54) is 12.1 Å². The molecule has 1 amide bonds. The Balaban J connectivity index is 1.56. The number of hydrogen-bond acceptors (Lipinski definition) is 4. The molecule has 2 aromatic rings. The first-order valence-corrected chi connectivity index (χ1v) is 7.93. The van der Waals surface area contributed by atoms with Crippen molar-refractivity contribution in [2.75, 3.05) is 18.7 Å². The van der Waals surface area contributed by atoms with E-state index in [1.807, 2.05) is 6.07 Å². The molecule has 1 aliphatic heterocycles. The molecule has 1 atom stereocenters. The average molecular weight is 366 g/mol. The third-order valence-corrected chi connectivity index (χ3v) is 3.92. The number of anilines is 1. The number of carbonyl (C=O) groups excluding carboxylic acids is 1. The van der Waals surface area contributed by atoms with Gasteiger partial charge in [-0.25, -0.2) is 0 Å². The van der Waals surface area contributed by atoms with Gasteiger partial charge in [-0.15, -0.1) is 0 Å². The highest BCUT2D eigenvalue weighted by Gasteiger charge is 2.30. The Morgan fingerprint density at radius 1 is 1.15 bits per heavy atom. The number of carbonyl (C=O) groups is 1. The number of nitrogens with one attached hydrogen (secondary N) is 2. The highest BCUT2D eigenvalue weighted by molar-refractivity contribution is 5.81. The molecule has 0 aliphatic carbocycles. The van der Waals surface area contributed by atoms with Crippen molar-refractivity contribution in [1.29, 1.82) is 0 Å². The number of halogens is 3. The summed E-state index contributed by atoms with van der Waals surface area (Å²) in [5, 5.41) is 5.48. The summed E-state index contributed by atoms with van der Waals surface area (Å²) < 4.78 is 48.6. The van der Waals surface area contributed by atoms with Crippen molar-refractivity contribution in [2.45, 2.75) is 19.1 Å². The first kappa shape index (κ1) is 17.9. The first-order valence-electron chi connectivity index (χ1n) is 7.93. The second kappa shape index (κ2) is 7.15. The summed E-state index contributed by atoms with van der Waals surface area (Å²) in [5.41, 5.74) is 0.295. The van der Waals surface area contributed by atoms with Gasteiger partial charge in [0.25, 0.3) is 0 Å². The van der Waals surface area contributed by atoms with Crippen LogP contribution in [0.25, 0.3) is 0 Å². The lowest BCUT2D eigenvalue weighted by Crippen LogP contribution is -2.32. The van der Waals surface area contributed by atoms with Gasteiger partial charge < -0.3 is 20.1 Å². The zero-order chi connectivity index (χ0) is 18.7. The number of benzene rings is 2. The van der Waals surface area contributed by atoms with Crippen molar-refractivity contribution in [1.82, 2.24) is 5.32 Å². The Bertz CT molecular complexity index is 809. The zero-order valence-corrected chi connectivity index (χ0v) is 13.9. The molecule has 0 aromatic heterocycles. The van der Waals surface area contributed by atoms with Crippen molar-refractivity contribution >= 4 is 11.6 Å². The second-order valence-electron chi connectivity index (χ2n) is 5.83. The van der Waals surface area contributed by atoms with E-state index in [-0.39, 0.29) is 31.0 Å². The van der Waals surface area contributed by atoms with Gasteiger partial charge in [-0.3, -0.25) is 4.79 Å². The molecule has 0 spiro atoms. The van der Waals surface area contributed by atoms with Gasteiger partial charge in [-0.05, 0) is 42.8 Å². The van der Waals surface area contributed by atoms with Crippen LogP contribution in [0, 0.1) is 0 Å². The van der Waals surface area contributed by atoms with Crippen LogP contribution in [0.5, 0.6) is 11.5 Å². The molecule has 0 unspecified atom stereocenters. The minimum Gasteiger partial charge on any atom is -0.454 e. The Kier molecular flexibility index (Phi) is 4.92. The van der Waals surface area contributed by atoms with Gasteiger partial charge in [0.05, 0.1) is 18.2 Å². The van der Waals surface area contributed by atoms with Crippen molar-refractivity contribution in [3.8, 4) is 11.5 Å². The van der Waals surface area contributed by atoms with E-state index >= 15 is 0 Å². The molecule has 0 fully saturated rings. The predicted molar refractivity (Wildman–Crippen MR) is 89.1 cm³/mol. The van der Waals surface area contributed by atoms with Gasteiger partial charge in [0.1, 0.15) is 0 Å². The van der Waals surface area contributed by atoms with Crippen molar-refractivity contribution in [2.24, 2.45) is 0 Å². The van der Waals surface area contributed by atoms with Crippen LogP contribution in [-0.2, 0) is 11.0 Å². The fourth-order valence-electron chi connectivity index (χ4n) is 2.55. The molecule has 26 heavy (non-hydrogen) atoms. The first-order chi connectivity index (χ1) is 12.3. The molecule has 1 aliphatic rings. The van der Waals surface area contributed by atoms with Crippen molar-refractivity contribution < 1.29 is 27.4 Å². The minimum atomic E-state index is -4.42. The fraction of sp³-hybridized carbons (Fsp3) is 0.278. The van der Waals surface area contributed by atoms with Crippen LogP contribution in [0.15, 0.2) is 42.5 Å². The van der Waals surface area contributed by atoms with Crippen LogP contribution in [0.4, 0.5) is 18.9 Å². The van der Waals surface area contributed by atoms with Crippen molar-refractivity contribution in [3.63, 3.8) is 0 Å². The Morgan fingerprint density at radius 3 is 2.69 bits per heavy atom. The molecule has 8 heteroatoms. The molecular formula is C18H17F3N2O3. The van der Waals surface area contributed by atoms with Gasteiger partial charge >= 0.3 is 6.18 Å². The van der Waals surface area contributed by atoms with E-state index in [0.29, 0.717) is 11.5 Å². The molecule has 0 bridgehead atoms. The summed E-state index contributed by atoms with van der Waals surface area (Å²) in [4.78, 5) is 12.1. The lowest BCUT2D eigenvalue weighted by atomic mass is 10.1. The Labute approximate surface area is 148 Å². The highest BCUT2D eigenvalue weighted by atomic mass is 19.4. The lowest BCUT2D eigenvalue weighted by molar-refractivity contribution is -0.137. The topological polar surface area (TPSA) is 59.6 Å². The smallest absolute Gasteiger partial charge is 0.416 e. The van der Waals surface area contributed by atoms with Gasteiger partial charge in [-0.2, -0.15) is 13.2 Å². The standard InChI is InChI=1S/C18H17F3N2O3/c1-11(12-5-6-15-16(7-12)26-10-25-15)23-17(24)9-22-14-4-2-3-13(8-14)18(19,20)21/h2-8,11,22H,9-10H2,1H3,(H,23,24)/t11-/m0/s1. The Hall–Kier alpha value is -2.90. The molecule has 0 saturated carbocycles. The number of ether oxygens (including phenoxy) is 2. The number of fused-ring (bicyclic) bond motifs is 1. The second-order valence-corrected chi connectivity index (χ2v) is 5.83. The molecule has 2 N–H and O–H groups in total. The molecule has 2 aromatic carbocycles. The van der Waals surface area contributed by atoms with Gasteiger partial charge in [-0.1, -0.05) is 12.1 Å². The highest BCUT2D eigenvalue weighted by Crippen LogP contribution is 2.34. The summed E-state index contributed by atoms with van der Waals surface area (Å²) >= 11 is 0. The molecule has 0 saturated heterocycles. The maximum Gasteiger partial charge on any atom is 0.416 e. The predicted octanol–water partition coefficient (Wildman–Crippen LogP) is 3.72. The quantitative estimate of drug-likeness (QED) is 0.847. The largest absolute Gasteiger partial charge is 0.454 e.